The van der Waals surface area contributed by atoms with Gasteiger partial charge in [0.15, 0.2) is 7.14 Å². The summed E-state index contributed by atoms with van der Waals surface area (Å²) in [6, 6.07) is 24.9. The average Bonchev–Trinajstić information content (AvgIpc) is 2.67. The first-order valence-electron chi connectivity index (χ1n) is 10.3. The quantitative estimate of drug-likeness (QED) is 0.473. The van der Waals surface area contributed by atoms with Crippen LogP contribution in [0.4, 0.5) is 0 Å². The molecule has 29 heavy (non-hydrogen) atoms. The van der Waals surface area contributed by atoms with Crippen molar-refractivity contribution >= 4 is 23.1 Å². The Morgan fingerprint density at radius 2 is 0.793 bits per heavy atom. The molecule has 2 heteroatoms. The van der Waals surface area contributed by atoms with E-state index < -0.39 is 7.14 Å². The van der Waals surface area contributed by atoms with Crippen LogP contribution < -0.4 is 15.9 Å². The van der Waals surface area contributed by atoms with Crippen molar-refractivity contribution in [2.24, 2.45) is 0 Å². The van der Waals surface area contributed by atoms with Gasteiger partial charge in [0.05, 0.1) is 0 Å². The van der Waals surface area contributed by atoms with Crippen molar-refractivity contribution in [2.75, 3.05) is 0 Å². The standard InChI is InChI=1S/C27H33OP/c1-20-8-14-23(15-9-20)29(28,24-16-10-21(11-17-24)26(2,3)4)25-18-12-22(13-19-25)27(5,6)7/h8-19H,1-7H3. The minimum Gasteiger partial charge on any atom is -0.309 e. The number of benzene rings is 3. The van der Waals surface area contributed by atoms with Gasteiger partial charge in [-0.25, -0.2) is 0 Å². The highest BCUT2D eigenvalue weighted by Gasteiger charge is 2.30. The van der Waals surface area contributed by atoms with E-state index in [1.165, 1.54) is 16.7 Å². The van der Waals surface area contributed by atoms with Crippen molar-refractivity contribution < 1.29 is 4.57 Å². The zero-order valence-corrected chi connectivity index (χ0v) is 19.7. The van der Waals surface area contributed by atoms with E-state index in [0.717, 1.165) is 15.9 Å². The molecule has 3 aromatic carbocycles. The van der Waals surface area contributed by atoms with Gasteiger partial charge in [-0.1, -0.05) is 120 Å². The molecule has 0 heterocycles. The Labute approximate surface area is 176 Å². The van der Waals surface area contributed by atoms with Crippen molar-refractivity contribution in [1.82, 2.24) is 0 Å². The summed E-state index contributed by atoms with van der Waals surface area (Å²) in [5.74, 6) is 0. The number of hydrogen-bond acceptors (Lipinski definition) is 1. The minimum absolute atomic E-state index is 0.0702. The molecular formula is C27H33OP. The van der Waals surface area contributed by atoms with Crippen LogP contribution in [-0.2, 0) is 15.4 Å². The molecule has 0 amide bonds. The highest BCUT2D eigenvalue weighted by molar-refractivity contribution is 7.85. The normalized spacial score (nSPS) is 12.8. The third-order valence-corrected chi connectivity index (χ3v) is 8.67. The van der Waals surface area contributed by atoms with E-state index in [1.54, 1.807) is 0 Å². The smallest absolute Gasteiger partial charge is 0.171 e. The van der Waals surface area contributed by atoms with Crippen LogP contribution >= 0.6 is 7.14 Å². The summed E-state index contributed by atoms with van der Waals surface area (Å²) in [4.78, 5) is 0. The number of aryl methyl sites for hydroxylation is 1. The molecule has 0 saturated heterocycles. The Morgan fingerprint density at radius 1 is 0.517 bits per heavy atom. The molecule has 3 aromatic rings. The van der Waals surface area contributed by atoms with Crippen LogP contribution in [-0.4, -0.2) is 0 Å². The van der Waals surface area contributed by atoms with Gasteiger partial charge < -0.3 is 4.57 Å². The van der Waals surface area contributed by atoms with E-state index in [9.17, 15) is 4.57 Å². The lowest BCUT2D eigenvalue weighted by Gasteiger charge is -2.24. The zero-order chi connectivity index (χ0) is 21.4. The molecule has 0 unspecified atom stereocenters. The summed E-state index contributed by atoms with van der Waals surface area (Å²) in [6.45, 7) is 15.3. The molecule has 0 aliphatic rings. The third-order valence-electron chi connectivity index (χ3n) is 5.59. The Morgan fingerprint density at radius 3 is 1.07 bits per heavy atom. The zero-order valence-electron chi connectivity index (χ0n) is 18.8. The second-order valence-corrected chi connectivity index (χ2v) is 12.8. The SMILES string of the molecule is Cc1ccc(P(=O)(c2ccc(C(C)(C)C)cc2)c2ccc(C(C)(C)C)cc2)cc1. The Hall–Kier alpha value is -2.11. The van der Waals surface area contributed by atoms with Crippen molar-refractivity contribution in [3.8, 4) is 0 Å². The van der Waals surface area contributed by atoms with E-state index in [4.69, 9.17) is 0 Å². The molecule has 3 rings (SSSR count). The first kappa shape index (κ1) is 21.6. The topological polar surface area (TPSA) is 17.1 Å². The van der Waals surface area contributed by atoms with E-state index >= 15 is 0 Å². The van der Waals surface area contributed by atoms with Crippen molar-refractivity contribution in [3.63, 3.8) is 0 Å². The summed E-state index contributed by atoms with van der Waals surface area (Å²) in [6.07, 6.45) is 0. The molecule has 0 saturated carbocycles. The Bertz CT molecular complexity index is 951. The maximum absolute atomic E-state index is 14.7. The highest BCUT2D eigenvalue weighted by atomic mass is 31.2. The lowest BCUT2D eigenvalue weighted by molar-refractivity contribution is 0.588. The monoisotopic (exact) mass is 404 g/mol. The summed E-state index contributed by atoms with van der Waals surface area (Å²) in [7, 11) is -2.94. The fourth-order valence-corrected chi connectivity index (χ4v) is 6.15. The lowest BCUT2D eigenvalue weighted by Crippen LogP contribution is -2.26. The summed E-state index contributed by atoms with van der Waals surface area (Å²) in [5, 5.41) is 2.66. The predicted octanol–water partition coefficient (Wildman–Crippen LogP) is 6.23. The number of hydrogen-bond donors (Lipinski definition) is 0. The molecule has 0 aliphatic heterocycles. The van der Waals surface area contributed by atoms with Gasteiger partial charge >= 0.3 is 0 Å². The molecule has 0 aliphatic carbocycles. The van der Waals surface area contributed by atoms with Crippen LogP contribution in [0.1, 0.15) is 58.2 Å². The van der Waals surface area contributed by atoms with E-state index in [2.05, 4.69) is 109 Å². The van der Waals surface area contributed by atoms with E-state index in [-0.39, 0.29) is 10.8 Å². The van der Waals surface area contributed by atoms with Crippen LogP contribution in [0.2, 0.25) is 0 Å². The summed E-state index contributed by atoms with van der Waals surface area (Å²) < 4.78 is 14.7. The predicted molar refractivity (Wildman–Crippen MR) is 128 cm³/mol. The molecule has 0 spiro atoms. The van der Waals surface area contributed by atoms with Crippen LogP contribution in [0, 0.1) is 6.92 Å². The first-order chi connectivity index (χ1) is 13.4. The molecular weight excluding hydrogens is 371 g/mol. The van der Waals surface area contributed by atoms with E-state index in [1.807, 2.05) is 12.1 Å². The first-order valence-corrected chi connectivity index (χ1v) is 12.0. The largest absolute Gasteiger partial charge is 0.309 e. The van der Waals surface area contributed by atoms with Crippen molar-refractivity contribution in [2.45, 2.75) is 59.3 Å². The lowest BCUT2D eigenvalue weighted by atomic mass is 9.87. The molecule has 0 bridgehead atoms. The van der Waals surface area contributed by atoms with E-state index in [0.29, 0.717) is 0 Å². The maximum Gasteiger partial charge on any atom is 0.171 e. The van der Waals surface area contributed by atoms with Crippen LogP contribution in [0.5, 0.6) is 0 Å². The maximum atomic E-state index is 14.7. The molecule has 0 radical (unpaired) electrons. The fraction of sp³-hybridized carbons (Fsp3) is 0.333. The van der Waals surface area contributed by atoms with Gasteiger partial charge in [-0.15, -0.1) is 0 Å². The van der Waals surface area contributed by atoms with Gasteiger partial charge in [-0.2, -0.15) is 0 Å². The summed E-state index contributed by atoms with van der Waals surface area (Å²) >= 11 is 0. The minimum atomic E-state index is -2.94. The molecule has 0 N–H and O–H groups in total. The van der Waals surface area contributed by atoms with Gasteiger partial charge in [-0.3, -0.25) is 0 Å². The molecule has 0 atom stereocenters. The highest BCUT2D eigenvalue weighted by Crippen LogP contribution is 2.43. The fourth-order valence-electron chi connectivity index (χ4n) is 3.54. The molecule has 152 valence electrons. The Kier molecular flexibility index (Phi) is 5.67. The van der Waals surface area contributed by atoms with Crippen LogP contribution in [0.25, 0.3) is 0 Å². The molecule has 0 fully saturated rings. The van der Waals surface area contributed by atoms with Crippen molar-refractivity contribution in [1.29, 1.82) is 0 Å². The van der Waals surface area contributed by atoms with Crippen LogP contribution in [0.3, 0.4) is 0 Å². The van der Waals surface area contributed by atoms with Gasteiger partial charge in [0.25, 0.3) is 0 Å². The molecule has 0 aromatic heterocycles. The van der Waals surface area contributed by atoms with Gasteiger partial charge in [0, 0.05) is 15.9 Å². The summed E-state index contributed by atoms with van der Waals surface area (Å²) in [5.41, 5.74) is 3.81. The van der Waals surface area contributed by atoms with Gasteiger partial charge in [-0.05, 0) is 28.9 Å². The Balaban J connectivity index is 2.17. The van der Waals surface area contributed by atoms with Gasteiger partial charge in [0.1, 0.15) is 0 Å². The second-order valence-electron chi connectivity index (χ2n) is 10.0. The van der Waals surface area contributed by atoms with Crippen LogP contribution in [0.15, 0.2) is 72.8 Å². The third kappa shape index (κ3) is 4.41. The van der Waals surface area contributed by atoms with Crippen molar-refractivity contribution in [3.05, 3.63) is 89.5 Å². The average molecular weight is 405 g/mol. The second kappa shape index (κ2) is 7.62. The van der Waals surface area contributed by atoms with Gasteiger partial charge in [0.2, 0.25) is 0 Å². The number of rotatable bonds is 3. The molecule has 1 nitrogen and oxygen atoms in total.